The van der Waals surface area contributed by atoms with Gasteiger partial charge < -0.3 is 20.5 Å². The first-order valence-corrected chi connectivity index (χ1v) is 7.41. The molecular weight excluding hydrogens is 328 g/mol. The number of para-hydroxylation sites is 1. The summed E-state index contributed by atoms with van der Waals surface area (Å²) in [5.74, 6) is 1.35. The molecular formula is C18H23ClN2O3. The maximum Gasteiger partial charge on any atom is 0.225 e. The molecule has 0 spiro atoms. The number of nitrogens with two attached hydrogens (primary N) is 1. The van der Waals surface area contributed by atoms with E-state index >= 15 is 0 Å². The van der Waals surface area contributed by atoms with Crippen molar-refractivity contribution >= 4 is 29.7 Å². The van der Waals surface area contributed by atoms with Crippen LogP contribution in [0.2, 0.25) is 0 Å². The third-order valence-electron chi connectivity index (χ3n) is 3.70. The first-order valence-electron chi connectivity index (χ1n) is 7.41. The fourth-order valence-electron chi connectivity index (χ4n) is 2.43. The molecule has 2 aromatic rings. The van der Waals surface area contributed by atoms with Crippen LogP contribution in [0.25, 0.3) is 0 Å². The minimum atomic E-state index is -0.108. The zero-order valence-corrected chi connectivity index (χ0v) is 14.9. The van der Waals surface area contributed by atoms with Gasteiger partial charge in [-0.2, -0.15) is 0 Å². The summed E-state index contributed by atoms with van der Waals surface area (Å²) in [6.45, 7) is 1.99. The van der Waals surface area contributed by atoms with E-state index in [1.54, 1.807) is 32.4 Å². The monoisotopic (exact) mass is 350 g/mol. The number of methoxy groups -OCH3 is 2. The molecule has 0 aliphatic rings. The molecule has 0 heterocycles. The molecule has 0 aliphatic carbocycles. The summed E-state index contributed by atoms with van der Waals surface area (Å²) in [4.78, 5) is 12.3. The SMILES string of the molecule is COc1ccc(N)c(NC(=O)CC(C)c2ccccc2OC)c1.Cl. The van der Waals surface area contributed by atoms with Gasteiger partial charge in [0.05, 0.1) is 25.6 Å². The van der Waals surface area contributed by atoms with Crippen LogP contribution in [0, 0.1) is 0 Å². The topological polar surface area (TPSA) is 73.6 Å². The Hall–Kier alpha value is -2.40. The number of nitrogens with one attached hydrogen (secondary N) is 1. The summed E-state index contributed by atoms with van der Waals surface area (Å²) >= 11 is 0. The minimum absolute atomic E-state index is 0. The average Bonchev–Trinajstić information content (AvgIpc) is 2.56. The number of nitrogen functional groups attached to an aromatic ring is 1. The van der Waals surface area contributed by atoms with Crippen LogP contribution in [0.4, 0.5) is 11.4 Å². The van der Waals surface area contributed by atoms with Gasteiger partial charge in [-0.3, -0.25) is 4.79 Å². The van der Waals surface area contributed by atoms with Crippen LogP contribution in [0.15, 0.2) is 42.5 Å². The molecule has 2 aromatic carbocycles. The maximum absolute atomic E-state index is 12.3. The molecule has 5 nitrogen and oxygen atoms in total. The van der Waals surface area contributed by atoms with E-state index in [9.17, 15) is 4.79 Å². The Morgan fingerprint density at radius 3 is 2.54 bits per heavy atom. The van der Waals surface area contributed by atoms with Gasteiger partial charge in [-0.25, -0.2) is 0 Å². The predicted octanol–water partition coefficient (Wildman–Crippen LogP) is 3.84. The van der Waals surface area contributed by atoms with Crippen LogP contribution in [0.3, 0.4) is 0 Å². The van der Waals surface area contributed by atoms with Gasteiger partial charge in [-0.15, -0.1) is 12.4 Å². The highest BCUT2D eigenvalue weighted by Crippen LogP contribution is 2.29. The smallest absolute Gasteiger partial charge is 0.225 e. The molecule has 130 valence electrons. The Morgan fingerprint density at radius 2 is 1.88 bits per heavy atom. The van der Waals surface area contributed by atoms with E-state index in [0.29, 0.717) is 23.5 Å². The second-order valence-electron chi connectivity index (χ2n) is 5.35. The number of anilines is 2. The lowest BCUT2D eigenvalue weighted by Crippen LogP contribution is -2.15. The highest BCUT2D eigenvalue weighted by molar-refractivity contribution is 5.94. The highest BCUT2D eigenvalue weighted by atomic mass is 35.5. The number of amides is 1. The van der Waals surface area contributed by atoms with Gasteiger partial charge in [0, 0.05) is 12.5 Å². The van der Waals surface area contributed by atoms with Crippen molar-refractivity contribution in [2.24, 2.45) is 0 Å². The van der Waals surface area contributed by atoms with Gasteiger partial charge in [0.1, 0.15) is 11.5 Å². The van der Waals surface area contributed by atoms with Gasteiger partial charge in [-0.1, -0.05) is 25.1 Å². The molecule has 0 saturated heterocycles. The summed E-state index contributed by atoms with van der Waals surface area (Å²) < 4.78 is 10.5. The van der Waals surface area contributed by atoms with Gasteiger partial charge in [0.25, 0.3) is 0 Å². The predicted molar refractivity (Wildman–Crippen MR) is 99.3 cm³/mol. The second-order valence-corrected chi connectivity index (χ2v) is 5.35. The fourth-order valence-corrected chi connectivity index (χ4v) is 2.43. The molecule has 1 unspecified atom stereocenters. The molecule has 0 bridgehead atoms. The number of ether oxygens (including phenoxy) is 2. The highest BCUT2D eigenvalue weighted by Gasteiger charge is 2.16. The number of benzene rings is 2. The van der Waals surface area contributed by atoms with E-state index in [1.165, 1.54) is 0 Å². The summed E-state index contributed by atoms with van der Waals surface area (Å²) in [5, 5.41) is 2.84. The van der Waals surface area contributed by atoms with Crippen LogP contribution in [-0.4, -0.2) is 20.1 Å². The van der Waals surface area contributed by atoms with Crippen LogP contribution >= 0.6 is 12.4 Å². The van der Waals surface area contributed by atoms with Crippen LogP contribution in [-0.2, 0) is 4.79 Å². The van der Waals surface area contributed by atoms with Crippen LogP contribution in [0.1, 0.15) is 24.8 Å². The summed E-state index contributed by atoms with van der Waals surface area (Å²) in [5.41, 5.74) is 7.95. The third kappa shape index (κ3) is 4.80. The van der Waals surface area contributed by atoms with Crippen molar-refractivity contribution in [3.05, 3.63) is 48.0 Å². The van der Waals surface area contributed by atoms with Crippen LogP contribution < -0.4 is 20.5 Å². The van der Waals surface area contributed by atoms with Crippen LogP contribution in [0.5, 0.6) is 11.5 Å². The first kappa shape index (κ1) is 19.6. The van der Waals surface area contributed by atoms with Gasteiger partial charge in [0.15, 0.2) is 0 Å². The average molecular weight is 351 g/mol. The lowest BCUT2D eigenvalue weighted by molar-refractivity contribution is -0.116. The molecule has 0 aromatic heterocycles. The minimum Gasteiger partial charge on any atom is -0.497 e. The van der Waals surface area contributed by atoms with Crippen molar-refractivity contribution in [2.75, 3.05) is 25.3 Å². The quantitative estimate of drug-likeness (QED) is 0.776. The normalized spacial score (nSPS) is 11.1. The Labute approximate surface area is 148 Å². The van der Waals surface area contributed by atoms with E-state index in [4.69, 9.17) is 15.2 Å². The van der Waals surface area contributed by atoms with Crippen molar-refractivity contribution in [1.82, 2.24) is 0 Å². The van der Waals surface area contributed by atoms with E-state index in [1.807, 2.05) is 31.2 Å². The summed E-state index contributed by atoms with van der Waals surface area (Å²) in [6, 6.07) is 12.9. The molecule has 0 radical (unpaired) electrons. The van der Waals surface area contributed by atoms with Crippen molar-refractivity contribution in [3.8, 4) is 11.5 Å². The molecule has 3 N–H and O–H groups in total. The first-order chi connectivity index (χ1) is 11.0. The molecule has 0 aliphatic heterocycles. The Kier molecular flexibility index (Phi) is 7.39. The van der Waals surface area contributed by atoms with E-state index < -0.39 is 0 Å². The largest absolute Gasteiger partial charge is 0.497 e. The van der Waals surface area contributed by atoms with Crippen molar-refractivity contribution in [2.45, 2.75) is 19.3 Å². The van der Waals surface area contributed by atoms with Crippen molar-refractivity contribution < 1.29 is 14.3 Å². The van der Waals surface area contributed by atoms with Crippen molar-refractivity contribution in [3.63, 3.8) is 0 Å². The van der Waals surface area contributed by atoms with Gasteiger partial charge >= 0.3 is 0 Å². The molecule has 24 heavy (non-hydrogen) atoms. The molecule has 1 atom stereocenters. The molecule has 6 heteroatoms. The van der Waals surface area contributed by atoms with E-state index in [2.05, 4.69) is 5.32 Å². The summed E-state index contributed by atoms with van der Waals surface area (Å²) in [6.07, 6.45) is 0.330. The molecule has 1 amide bonds. The zero-order valence-electron chi connectivity index (χ0n) is 14.0. The number of rotatable bonds is 6. The van der Waals surface area contributed by atoms with Crippen molar-refractivity contribution in [1.29, 1.82) is 0 Å². The Balaban J connectivity index is 0.00000288. The van der Waals surface area contributed by atoms with E-state index in [0.717, 1.165) is 11.3 Å². The fraction of sp³-hybridized carbons (Fsp3) is 0.278. The maximum atomic E-state index is 12.3. The molecule has 0 saturated carbocycles. The standard InChI is InChI=1S/C18H22N2O3.ClH/c1-12(14-6-4-5-7-17(14)23-3)10-18(21)20-16-11-13(22-2)8-9-15(16)19;/h4-9,11-12H,10,19H2,1-3H3,(H,20,21);1H. The molecule has 0 fully saturated rings. The lowest BCUT2D eigenvalue weighted by atomic mass is 9.96. The number of hydrogen-bond donors (Lipinski definition) is 2. The number of halogens is 1. The Bertz CT molecular complexity index is 692. The van der Waals surface area contributed by atoms with Gasteiger partial charge in [0.2, 0.25) is 5.91 Å². The second kappa shape index (κ2) is 9.03. The third-order valence-corrected chi connectivity index (χ3v) is 3.70. The number of carbonyl (C=O) groups is 1. The number of carbonyl (C=O) groups excluding carboxylic acids is 1. The number of hydrogen-bond acceptors (Lipinski definition) is 4. The molecule has 2 rings (SSSR count). The zero-order chi connectivity index (χ0) is 16.8. The van der Waals surface area contributed by atoms with E-state index in [-0.39, 0.29) is 24.2 Å². The Morgan fingerprint density at radius 1 is 1.17 bits per heavy atom. The lowest BCUT2D eigenvalue weighted by Gasteiger charge is -2.16. The van der Waals surface area contributed by atoms with Gasteiger partial charge in [-0.05, 0) is 29.7 Å². The summed E-state index contributed by atoms with van der Waals surface area (Å²) in [7, 11) is 3.20.